The van der Waals surface area contributed by atoms with Crippen LogP contribution in [0.5, 0.6) is 0 Å². The van der Waals surface area contributed by atoms with Gasteiger partial charge in [-0.25, -0.2) is 9.59 Å². The van der Waals surface area contributed by atoms with Crippen molar-refractivity contribution < 1.29 is 19.2 Å². The van der Waals surface area contributed by atoms with Crippen molar-refractivity contribution in [3.8, 4) is 0 Å². The molecule has 0 bridgehead atoms. The van der Waals surface area contributed by atoms with Crippen LogP contribution in [0.1, 0.15) is 32.1 Å². The van der Waals surface area contributed by atoms with E-state index in [-0.39, 0.29) is 18.5 Å². The third-order valence-electron chi connectivity index (χ3n) is 5.44. The molecular weight excluding hydrogens is 362 g/mol. The number of rotatable bonds is 4. The van der Waals surface area contributed by atoms with Crippen molar-refractivity contribution in [3.05, 3.63) is 24.3 Å². The lowest BCUT2D eigenvalue weighted by atomic mass is 9.81. The molecule has 0 radical (unpaired) electrons. The molecule has 1 aliphatic heterocycles. The normalized spacial score (nSPS) is 18.4. The molecule has 150 valence electrons. The van der Waals surface area contributed by atoms with Gasteiger partial charge in [0, 0.05) is 25.5 Å². The summed E-state index contributed by atoms with van der Waals surface area (Å²) in [4.78, 5) is 51.7. The zero-order chi connectivity index (χ0) is 20.3. The van der Waals surface area contributed by atoms with Crippen molar-refractivity contribution in [1.82, 2.24) is 15.1 Å². The fourth-order valence-electron chi connectivity index (χ4n) is 3.85. The van der Waals surface area contributed by atoms with Gasteiger partial charge in [-0.05, 0) is 37.1 Å². The predicted octanol–water partition coefficient (Wildman–Crippen LogP) is 1.97. The highest BCUT2D eigenvalue weighted by molar-refractivity contribution is 6.10. The average molecular weight is 387 g/mol. The number of hydrogen-bond acceptors (Lipinski definition) is 4. The Morgan fingerprint density at radius 3 is 2.14 bits per heavy atom. The van der Waals surface area contributed by atoms with Crippen LogP contribution in [0.4, 0.5) is 21.0 Å². The van der Waals surface area contributed by atoms with Crippen molar-refractivity contribution in [1.29, 1.82) is 0 Å². The Hall–Kier alpha value is -3.10. The highest BCUT2D eigenvalue weighted by atomic mass is 16.2. The topological polar surface area (TPSA) is 111 Å². The SMILES string of the molecule is CNC(=O)Nc1ccc(NC(=O)CN2C(=O)N(C)C3(CCCCC3)C2=O)cc1. The summed E-state index contributed by atoms with van der Waals surface area (Å²) >= 11 is 0. The largest absolute Gasteiger partial charge is 0.341 e. The number of hydrogen-bond donors (Lipinski definition) is 3. The Balaban J connectivity index is 1.62. The van der Waals surface area contributed by atoms with Gasteiger partial charge in [-0.2, -0.15) is 0 Å². The lowest BCUT2D eigenvalue weighted by Gasteiger charge is -2.35. The molecule has 9 heteroatoms. The summed E-state index contributed by atoms with van der Waals surface area (Å²) in [5.41, 5.74) is 0.290. The van der Waals surface area contributed by atoms with E-state index in [1.54, 1.807) is 31.3 Å². The maximum absolute atomic E-state index is 12.9. The van der Waals surface area contributed by atoms with Gasteiger partial charge in [0.15, 0.2) is 0 Å². The minimum absolute atomic E-state index is 0.278. The Kier molecular flexibility index (Phi) is 5.53. The monoisotopic (exact) mass is 387 g/mol. The third-order valence-corrected chi connectivity index (χ3v) is 5.44. The molecule has 1 saturated carbocycles. The van der Waals surface area contributed by atoms with Gasteiger partial charge in [-0.3, -0.25) is 14.5 Å². The number of nitrogens with zero attached hydrogens (tertiary/aromatic N) is 2. The van der Waals surface area contributed by atoms with Gasteiger partial charge in [-0.1, -0.05) is 19.3 Å². The van der Waals surface area contributed by atoms with Crippen LogP contribution in [0, 0.1) is 0 Å². The van der Waals surface area contributed by atoms with Crippen molar-refractivity contribution in [3.63, 3.8) is 0 Å². The average Bonchev–Trinajstić information content (AvgIpc) is 2.86. The molecule has 1 spiro atoms. The number of urea groups is 2. The maximum Gasteiger partial charge on any atom is 0.327 e. The van der Waals surface area contributed by atoms with E-state index in [9.17, 15) is 19.2 Å². The molecule has 28 heavy (non-hydrogen) atoms. The summed E-state index contributed by atoms with van der Waals surface area (Å²) in [6, 6.07) is 5.77. The number of carbonyl (C=O) groups is 4. The number of carbonyl (C=O) groups excluding carboxylic acids is 4. The minimum Gasteiger partial charge on any atom is -0.341 e. The second-order valence-electron chi connectivity index (χ2n) is 7.15. The molecule has 1 saturated heterocycles. The highest BCUT2D eigenvalue weighted by Gasteiger charge is 2.55. The maximum atomic E-state index is 12.9. The van der Waals surface area contributed by atoms with E-state index >= 15 is 0 Å². The summed E-state index contributed by atoms with van der Waals surface area (Å²) < 4.78 is 0. The van der Waals surface area contributed by atoms with Gasteiger partial charge in [-0.15, -0.1) is 0 Å². The van der Waals surface area contributed by atoms with Crippen LogP contribution in [0.3, 0.4) is 0 Å². The molecule has 9 nitrogen and oxygen atoms in total. The summed E-state index contributed by atoms with van der Waals surface area (Å²) in [7, 11) is 3.15. The molecule has 2 aliphatic rings. The quantitative estimate of drug-likeness (QED) is 0.686. The minimum atomic E-state index is -0.789. The van der Waals surface area contributed by atoms with Crippen LogP contribution in [-0.2, 0) is 9.59 Å². The first-order valence-electron chi connectivity index (χ1n) is 9.36. The number of amides is 6. The van der Waals surface area contributed by atoms with E-state index in [2.05, 4.69) is 16.0 Å². The number of benzene rings is 1. The molecule has 6 amide bonds. The number of imide groups is 1. The first-order valence-corrected chi connectivity index (χ1v) is 9.36. The van der Waals surface area contributed by atoms with Gasteiger partial charge in [0.05, 0.1) is 0 Å². The third kappa shape index (κ3) is 3.64. The van der Waals surface area contributed by atoms with E-state index in [0.717, 1.165) is 24.2 Å². The van der Waals surface area contributed by atoms with Gasteiger partial charge < -0.3 is 20.9 Å². The summed E-state index contributed by atoms with van der Waals surface area (Å²) in [6.45, 7) is -0.317. The van der Waals surface area contributed by atoms with Crippen LogP contribution in [0.25, 0.3) is 0 Å². The molecule has 0 unspecified atom stereocenters. The zero-order valence-corrected chi connectivity index (χ0v) is 16.1. The van der Waals surface area contributed by atoms with E-state index in [1.807, 2.05) is 0 Å². The van der Waals surface area contributed by atoms with Crippen LogP contribution in [0.15, 0.2) is 24.3 Å². The molecule has 3 rings (SSSR count). The van der Waals surface area contributed by atoms with Crippen LogP contribution in [-0.4, -0.2) is 59.9 Å². The van der Waals surface area contributed by atoms with E-state index < -0.39 is 17.5 Å². The fourth-order valence-corrected chi connectivity index (χ4v) is 3.85. The predicted molar refractivity (Wildman–Crippen MR) is 104 cm³/mol. The second kappa shape index (κ2) is 7.87. The summed E-state index contributed by atoms with van der Waals surface area (Å²) in [5, 5.41) is 7.74. The number of anilines is 2. The molecular formula is C19H25N5O4. The highest BCUT2D eigenvalue weighted by Crippen LogP contribution is 2.39. The lowest BCUT2D eigenvalue weighted by Crippen LogP contribution is -2.49. The molecule has 1 aliphatic carbocycles. The van der Waals surface area contributed by atoms with Gasteiger partial charge in [0.25, 0.3) is 5.91 Å². The molecule has 1 heterocycles. The van der Waals surface area contributed by atoms with Crippen molar-refractivity contribution in [2.45, 2.75) is 37.6 Å². The first kappa shape index (κ1) is 19.7. The lowest BCUT2D eigenvalue weighted by molar-refractivity contribution is -0.136. The smallest absolute Gasteiger partial charge is 0.327 e. The first-order chi connectivity index (χ1) is 13.4. The van der Waals surface area contributed by atoms with Crippen molar-refractivity contribution in [2.75, 3.05) is 31.3 Å². The molecule has 2 fully saturated rings. The summed E-state index contributed by atoms with van der Waals surface area (Å²) in [5.74, 6) is -0.727. The van der Waals surface area contributed by atoms with Gasteiger partial charge in [0.2, 0.25) is 5.91 Å². The van der Waals surface area contributed by atoms with E-state index in [4.69, 9.17) is 0 Å². The fraction of sp³-hybridized carbons (Fsp3) is 0.474. The van der Waals surface area contributed by atoms with Crippen molar-refractivity contribution in [2.24, 2.45) is 0 Å². The Bertz CT molecular complexity index is 786. The Labute approximate surface area is 163 Å². The van der Waals surface area contributed by atoms with Crippen LogP contribution < -0.4 is 16.0 Å². The van der Waals surface area contributed by atoms with Gasteiger partial charge >= 0.3 is 12.1 Å². The number of nitrogens with one attached hydrogen (secondary N) is 3. The van der Waals surface area contributed by atoms with Gasteiger partial charge in [0.1, 0.15) is 12.1 Å². The van der Waals surface area contributed by atoms with Crippen LogP contribution >= 0.6 is 0 Å². The Morgan fingerprint density at radius 1 is 1.00 bits per heavy atom. The molecule has 1 aromatic rings. The van der Waals surface area contributed by atoms with Crippen LogP contribution in [0.2, 0.25) is 0 Å². The molecule has 0 aromatic heterocycles. The summed E-state index contributed by atoms with van der Waals surface area (Å²) in [6.07, 6.45) is 4.15. The molecule has 0 atom stereocenters. The second-order valence-corrected chi connectivity index (χ2v) is 7.15. The number of likely N-dealkylation sites (N-methyl/N-ethyl adjacent to an activating group) is 1. The zero-order valence-electron chi connectivity index (χ0n) is 16.1. The van der Waals surface area contributed by atoms with E-state index in [1.165, 1.54) is 11.9 Å². The van der Waals surface area contributed by atoms with E-state index in [0.29, 0.717) is 24.2 Å². The Morgan fingerprint density at radius 2 is 1.57 bits per heavy atom. The molecule has 1 aromatic carbocycles. The standard InChI is InChI=1S/C19H25N5O4/c1-20-17(27)22-14-8-6-13(7-9-14)21-15(25)12-24-16(26)19(23(2)18(24)28)10-4-3-5-11-19/h6-9H,3-5,10-12H2,1-2H3,(H,21,25)(H2,20,22,27). The van der Waals surface area contributed by atoms with Crippen molar-refractivity contribution >= 4 is 35.3 Å². The molecule has 3 N–H and O–H groups in total.